The molecule has 2 aromatic heterocycles. The number of carbonyl (C=O) groups is 4. The molecule has 1 amide bonds. The van der Waals surface area contributed by atoms with Gasteiger partial charge in [-0.2, -0.15) is 10.2 Å². The number of amides is 1. The first-order chi connectivity index (χ1) is 60.7. The van der Waals surface area contributed by atoms with Gasteiger partial charge in [0.15, 0.2) is 5.78 Å². The van der Waals surface area contributed by atoms with Crippen molar-refractivity contribution in [2.45, 2.75) is 415 Å². The van der Waals surface area contributed by atoms with Gasteiger partial charge in [-0.3, -0.25) is 24.0 Å². The molecule has 10 saturated carbocycles. The van der Waals surface area contributed by atoms with Crippen LogP contribution in [-0.4, -0.2) is 73.0 Å². The van der Waals surface area contributed by atoms with E-state index >= 15 is 0 Å². The molecule has 0 spiro atoms. The number of nitrogens with zero attached hydrogens (tertiary/aromatic N) is 4. The molecule has 2 heterocycles. The molecule has 0 unspecified atom stereocenters. The first kappa shape index (κ1) is 112. The summed E-state index contributed by atoms with van der Waals surface area (Å²) in [6.45, 7) is 19.4. The number of aromatic nitrogens is 4. The number of aromatic amines is 1. The zero-order valence-corrected chi connectivity index (χ0v) is 84.0. The summed E-state index contributed by atoms with van der Waals surface area (Å²) in [5, 5.41) is 34.5. The maximum Gasteiger partial charge on any atom is 1.00 e. The Morgan fingerprint density at radius 3 is 1.17 bits per heavy atom. The minimum atomic E-state index is -1.02. The van der Waals surface area contributed by atoms with Gasteiger partial charge in [0.2, 0.25) is 5.91 Å². The van der Waals surface area contributed by atoms with Crippen LogP contribution in [0.4, 0.5) is 0 Å². The maximum absolute atomic E-state index is 12.9. The van der Waals surface area contributed by atoms with E-state index in [1.54, 1.807) is 118 Å². The monoisotopic (exact) mass is 1800 g/mol. The van der Waals surface area contributed by atoms with Crippen LogP contribution in [0.15, 0.2) is 111 Å². The SMILES string of the molecule is C1CCC(C2CCCCC2)CC1.CC.CC.CC.CC.CCC(C1CCCCC1)(C1CCCCC1)C1CCCCC1.CON(C)C(=O)C1CCCCC1.N=N.O=C(O)c1ccccc1Br.O=C(O)c1ccccc1C(=O)C1CCCCC1.O=c1[nH]nc(C2CCCCC2)c2ccccc12.O=c1c2ccccc2c(C2CCCCC2)nn1CCC1CCCCC1.[H-].[Na+]. The van der Waals surface area contributed by atoms with Crippen LogP contribution in [0.5, 0.6) is 0 Å². The van der Waals surface area contributed by atoms with E-state index in [4.69, 9.17) is 31.2 Å². The first-order valence-corrected chi connectivity index (χ1v) is 51.4. The third-order valence-electron chi connectivity index (χ3n) is 28.8. The van der Waals surface area contributed by atoms with E-state index in [9.17, 15) is 28.8 Å². The predicted octanol–water partition coefficient (Wildman–Crippen LogP) is 28.4. The molecule has 0 radical (unpaired) electrons. The quantitative estimate of drug-likeness (QED) is 0.0264. The van der Waals surface area contributed by atoms with Crippen LogP contribution >= 0.6 is 15.9 Å². The molecule has 16 nitrogen and oxygen atoms in total. The Morgan fingerprint density at radius 2 is 0.776 bits per heavy atom. The van der Waals surface area contributed by atoms with Gasteiger partial charge in [-0.05, 0) is 190 Å². The summed E-state index contributed by atoms with van der Waals surface area (Å²) in [4.78, 5) is 74.7. The van der Waals surface area contributed by atoms with E-state index in [1.807, 2.05) is 97.9 Å². The van der Waals surface area contributed by atoms with E-state index in [-0.39, 0.29) is 71.2 Å². The molecule has 10 aliphatic rings. The number of benzene rings is 4. The van der Waals surface area contributed by atoms with Gasteiger partial charge in [0, 0.05) is 58.1 Å². The van der Waals surface area contributed by atoms with Gasteiger partial charge in [-0.25, -0.2) is 35.5 Å². The van der Waals surface area contributed by atoms with E-state index in [2.05, 4.69) is 39.1 Å². The van der Waals surface area contributed by atoms with E-state index in [1.165, 1.54) is 249 Å². The molecule has 696 valence electrons. The number of ketones is 1. The molecule has 125 heavy (non-hydrogen) atoms. The summed E-state index contributed by atoms with van der Waals surface area (Å²) in [7, 11) is 3.21. The van der Waals surface area contributed by atoms with Crippen molar-refractivity contribution in [3.05, 3.63) is 150 Å². The van der Waals surface area contributed by atoms with Crippen LogP contribution in [0.1, 0.15) is 452 Å². The van der Waals surface area contributed by atoms with Crippen LogP contribution in [-0.2, 0) is 16.2 Å². The van der Waals surface area contributed by atoms with Gasteiger partial charge in [-0.1, -0.05) is 360 Å². The van der Waals surface area contributed by atoms with Crippen LogP contribution in [0, 0.1) is 63.8 Å². The van der Waals surface area contributed by atoms with Gasteiger partial charge in [-0.15, -0.1) is 0 Å². The van der Waals surface area contributed by atoms with Gasteiger partial charge in [0.05, 0.1) is 40.4 Å². The summed E-state index contributed by atoms with van der Waals surface area (Å²) in [5.41, 5.74) is 13.8. The third-order valence-corrected chi connectivity index (χ3v) is 29.5. The molecule has 10 aliphatic carbocycles. The number of fused-ring (bicyclic) bond motifs is 2. The summed E-state index contributed by atoms with van der Waals surface area (Å²) in [6, 6.07) is 29.1. The van der Waals surface area contributed by atoms with Crippen molar-refractivity contribution in [1.82, 2.24) is 25.0 Å². The van der Waals surface area contributed by atoms with Gasteiger partial charge < -0.3 is 11.6 Å². The minimum absolute atomic E-state index is 0. The fraction of sp³-hybridized carbons (Fsp3) is 0.701. The summed E-state index contributed by atoms with van der Waals surface area (Å²) in [6.07, 6.45) is 71.4. The van der Waals surface area contributed by atoms with Crippen molar-refractivity contribution in [3.8, 4) is 0 Å². The Morgan fingerprint density at radius 1 is 0.448 bits per heavy atom. The van der Waals surface area contributed by atoms with Crippen LogP contribution in [0.2, 0.25) is 0 Å². The number of hydrogen-bond acceptors (Lipinski definition) is 11. The van der Waals surface area contributed by atoms with E-state index < -0.39 is 11.9 Å². The molecule has 10 fully saturated rings. The van der Waals surface area contributed by atoms with Crippen LogP contribution in [0.25, 0.3) is 21.5 Å². The Balaban J connectivity index is 0.000000378. The number of Topliss-reactive ketones (excluding diaryl/α,β-unsaturated/α-hetero) is 1. The average Bonchev–Trinajstić information content (AvgIpc) is 0.776. The number of carboxylic acids is 2. The first-order valence-electron chi connectivity index (χ1n) is 50.6. The molecule has 18 heteroatoms. The molecular formula is C107H171BrN7NaO9. The van der Waals surface area contributed by atoms with Gasteiger partial charge in [0.25, 0.3) is 11.1 Å². The average molecular weight is 1800 g/mol. The normalized spacial score (nSPS) is 18.9. The smallest absolute Gasteiger partial charge is 1.00 e. The topological polar surface area (TPSA) is 250 Å². The van der Waals surface area contributed by atoms with Crippen molar-refractivity contribution in [3.63, 3.8) is 0 Å². The summed E-state index contributed by atoms with van der Waals surface area (Å²) >= 11 is 3.12. The zero-order chi connectivity index (χ0) is 90.3. The number of hydrogen-bond donors (Lipinski definition) is 5. The van der Waals surface area contributed by atoms with Crippen molar-refractivity contribution in [2.24, 2.45) is 52.8 Å². The summed E-state index contributed by atoms with van der Waals surface area (Å²) < 4.78 is 2.41. The second kappa shape index (κ2) is 65.8. The van der Waals surface area contributed by atoms with Crippen LogP contribution in [0.3, 0.4) is 0 Å². The Bertz CT molecular complexity index is 3940. The number of halogens is 1. The molecule has 6 aromatic rings. The molecule has 0 atom stereocenters. The number of aromatic carboxylic acids is 2. The molecule has 4 aromatic carbocycles. The molecule has 0 saturated heterocycles. The van der Waals surface area contributed by atoms with Crippen molar-refractivity contribution >= 4 is 61.1 Å². The number of carboxylic acid groups (broad SMARTS) is 2. The van der Waals surface area contributed by atoms with Crippen molar-refractivity contribution < 1.29 is 65.2 Å². The fourth-order valence-corrected chi connectivity index (χ4v) is 22.9. The minimum Gasteiger partial charge on any atom is -1.00 e. The second-order valence-corrected chi connectivity index (χ2v) is 36.7. The second-order valence-electron chi connectivity index (χ2n) is 35.9. The van der Waals surface area contributed by atoms with E-state index in [0.717, 1.165) is 120 Å². The number of H-pyrrole nitrogens is 1. The fourth-order valence-electron chi connectivity index (χ4n) is 22.5. The predicted molar refractivity (Wildman–Crippen MR) is 521 cm³/mol. The zero-order valence-electron chi connectivity index (χ0n) is 81.4. The molecule has 0 aliphatic heterocycles. The number of carbonyl (C=O) groups excluding carboxylic acids is 2. The largest absolute Gasteiger partial charge is 1.00 e. The Labute approximate surface area is 788 Å². The number of nitrogens with one attached hydrogen (secondary N) is 3. The molecular weight excluding hydrogens is 1630 g/mol. The molecule has 0 bridgehead atoms. The Hall–Kier alpha value is -5.72. The van der Waals surface area contributed by atoms with Gasteiger partial charge >= 0.3 is 41.5 Å². The third kappa shape index (κ3) is 35.8. The van der Waals surface area contributed by atoms with Crippen molar-refractivity contribution in [2.75, 3.05) is 14.2 Å². The number of rotatable bonds is 16. The molecule has 16 rings (SSSR count). The van der Waals surface area contributed by atoms with Gasteiger partial charge in [0.1, 0.15) is 0 Å². The molecule has 5 N–H and O–H groups in total. The number of hydroxylamine groups is 2. The van der Waals surface area contributed by atoms with Crippen molar-refractivity contribution in [1.29, 1.82) is 11.1 Å². The Kier molecular flexibility index (Phi) is 58.7. The summed E-state index contributed by atoms with van der Waals surface area (Å²) in [5.74, 6) is 5.80. The maximum atomic E-state index is 12.9. The standard InChI is InChI=1S/C22H30N2O.C21H38.C14H16N2O.C14H16O3.C12H22.C9H17NO2.C7H5BrO2.4C2H6.H2N2.Na.H/c25-22-20-14-8-7-13-19(20)21(18-11-5-2-6-12-18)23-24(22)16-15-17-9-3-1-4-10-17;1-2-21(18-12-6-3-7-13-18,19-14-8-4-9-15-19)20-16-10-5-11-17-20;17-14-12-9-5-4-8-11(12)13(15-16-14)10-6-2-1-3-7-10;15-13(10-6-2-1-3-7-10)11-8-4-5-9-12(11)14(16)17;1-3-7-11(8-4-1)12-9-5-2-6-10-12;1-10(12-2)9(11)8-6-4-3-5-7-8;8-6-4-2-1-3-5(6)7(9)10;5*1-2;;/h7-8,13-14,17-18H,1-6,9-12,15-16H2;18-20H,2-17H2,1H3;2*4-5,8-10H,1-3,6-7H2,(H,16,17);11-12H,1-10H2;8H,3-7H2,1-2H3;1-4H,(H,9,10);4*1-2H3;1-2H;;/q;;;;;;;;;;;;+1;-1. The van der Waals surface area contributed by atoms with E-state index in [0.29, 0.717) is 27.4 Å². The van der Waals surface area contributed by atoms with Crippen LogP contribution < -0.4 is 40.7 Å². The number of aryl methyl sites for hydroxylation is 1.